The van der Waals surface area contributed by atoms with Gasteiger partial charge >= 0.3 is 0 Å². The normalized spacial score (nSPS) is 18.5. The third-order valence-corrected chi connectivity index (χ3v) is 4.81. The molecule has 4 nitrogen and oxygen atoms in total. The van der Waals surface area contributed by atoms with Gasteiger partial charge in [0.15, 0.2) is 15.7 Å². The van der Waals surface area contributed by atoms with Crippen molar-refractivity contribution < 1.29 is 17.5 Å². The maximum atomic E-state index is 14.6. The second kappa shape index (κ2) is 4.76. The Morgan fingerprint density at radius 2 is 1.89 bits per heavy atom. The van der Waals surface area contributed by atoms with Crippen LogP contribution in [-0.2, 0) is 15.4 Å². The number of ether oxygens (including phenoxy) is 1. The van der Waals surface area contributed by atoms with Gasteiger partial charge in [0, 0.05) is 17.4 Å². The van der Waals surface area contributed by atoms with Crippen molar-refractivity contribution >= 4 is 9.84 Å². The van der Waals surface area contributed by atoms with Crippen molar-refractivity contribution in [1.82, 2.24) is 0 Å². The number of sulfone groups is 1. The molecule has 1 aromatic carbocycles. The fraction of sp³-hybridized carbons (Fsp3) is 0.538. The van der Waals surface area contributed by atoms with E-state index in [0.29, 0.717) is 12.8 Å². The molecule has 1 aliphatic carbocycles. The van der Waals surface area contributed by atoms with Crippen LogP contribution in [0.2, 0.25) is 0 Å². The van der Waals surface area contributed by atoms with E-state index in [0.717, 1.165) is 19.1 Å². The van der Waals surface area contributed by atoms with Gasteiger partial charge in [0.05, 0.1) is 7.11 Å². The third-order valence-electron chi connectivity index (χ3n) is 3.68. The summed E-state index contributed by atoms with van der Waals surface area (Å²) < 4.78 is 43.0. The molecule has 1 saturated carbocycles. The molecule has 0 atom stereocenters. The smallest absolute Gasteiger partial charge is 0.182 e. The Balaban J connectivity index is 2.67. The molecule has 0 aliphatic heterocycles. The van der Waals surface area contributed by atoms with E-state index in [1.165, 1.54) is 19.2 Å². The molecule has 0 heterocycles. The monoisotopic (exact) mass is 287 g/mol. The molecule has 2 N–H and O–H groups in total. The first-order valence-corrected chi connectivity index (χ1v) is 8.04. The standard InChI is InChI=1S/C13H18FNO3S/c1-18-10-6-5-9(13(15)7-3-4-8-13)11(14)12(10)19(2,16)17/h5-6H,3-4,7-8,15H2,1-2H3. The molecule has 0 amide bonds. The summed E-state index contributed by atoms with van der Waals surface area (Å²) in [5.74, 6) is -0.753. The van der Waals surface area contributed by atoms with Crippen molar-refractivity contribution in [1.29, 1.82) is 0 Å². The molecule has 0 radical (unpaired) electrons. The average Bonchev–Trinajstić information content (AvgIpc) is 2.74. The van der Waals surface area contributed by atoms with Crippen LogP contribution in [0.15, 0.2) is 17.0 Å². The highest BCUT2D eigenvalue weighted by molar-refractivity contribution is 7.90. The molecule has 19 heavy (non-hydrogen) atoms. The summed E-state index contributed by atoms with van der Waals surface area (Å²) >= 11 is 0. The first-order chi connectivity index (χ1) is 8.79. The van der Waals surface area contributed by atoms with Crippen LogP contribution in [0.5, 0.6) is 5.75 Å². The van der Waals surface area contributed by atoms with Crippen LogP contribution in [0.4, 0.5) is 4.39 Å². The number of hydrogen-bond acceptors (Lipinski definition) is 4. The van der Waals surface area contributed by atoms with Crippen LogP contribution in [0.1, 0.15) is 31.2 Å². The van der Waals surface area contributed by atoms with Gasteiger partial charge < -0.3 is 10.5 Å². The van der Waals surface area contributed by atoms with Gasteiger partial charge in [-0.1, -0.05) is 18.9 Å². The van der Waals surface area contributed by atoms with Crippen LogP contribution in [0.3, 0.4) is 0 Å². The van der Waals surface area contributed by atoms with Gasteiger partial charge in [-0.25, -0.2) is 12.8 Å². The van der Waals surface area contributed by atoms with E-state index in [2.05, 4.69) is 0 Å². The summed E-state index contributed by atoms with van der Waals surface area (Å²) in [7, 11) is -2.39. The number of methoxy groups -OCH3 is 1. The molecule has 1 aromatic rings. The molecule has 6 heteroatoms. The van der Waals surface area contributed by atoms with E-state index in [-0.39, 0.29) is 11.3 Å². The number of halogens is 1. The second-order valence-electron chi connectivity index (χ2n) is 5.09. The molecule has 1 fully saturated rings. The molecule has 0 bridgehead atoms. The largest absolute Gasteiger partial charge is 0.495 e. The van der Waals surface area contributed by atoms with Crippen molar-refractivity contribution in [2.24, 2.45) is 5.73 Å². The van der Waals surface area contributed by atoms with Crippen molar-refractivity contribution in [2.75, 3.05) is 13.4 Å². The van der Waals surface area contributed by atoms with Gasteiger partial charge in [-0.15, -0.1) is 0 Å². The zero-order valence-electron chi connectivity index (χ0n) is 11.1. The second-order valence-corrected chi connectivity index (χ2v) is 7.05. The van der Waals surface area contributed by atoms with E-state index < -0.39 is 26.1 Å². The Morgan fingerprint density at radius 3 is 2.37 bits per heavy atom. The molecule has 0 unspecified atom stereocenters. The fourth-order valence-electron chi connectivity index (χ4n) is 2.70. The third kappa shape index (κ3) is 2.47. The molecule has 0 saturated heterocycles. The van der Waals surface area contributed by atoms with Gasteiger partial charge in [0.1, 0.15) is 10.6 Å². The van der Waals surface area contributed by atoms with Gasteiger partial charge in [0.2, 0.25) is 0 Å². The van der Waals surface area contributed by atoms with Gasteiger partial charge in [0.25, 0.3) is 0 Å². The summed E-state index contributed by atoms with van der Waals surface area (Å²) in [4.78, 5) is -0.399. The molecule has 1 aliphatic rings. The lowest BCUT2D eigenvalue weighted by molar-refractivity contribution is 0.383. The molecular formula is C13H18FNO3S. The van der Waals surface area contributed by atoms with E-state index in [9.17, 15) is 12.8 Å². The fourth-order valence-corrected chi connectivity index (χ4v) is 3.66. The van der Waals surface area contributed by atoms with Crippen LogP contribution in [0, 0.1) is 5.82 Å². The Hall–Kier alpha value is -1.14. The van der Waals surface area contributed by atoms with E-state index in [4.69, 9.17) is 10.5 Å². The summed E-state index contributed by atoms with van der Waals surface area (Å²) in [6, 6.07) is 3.01. The summed E-state index contributed by atoms with van der Waals surface area (Å²) in [5.41, 5.74) is 5.71. The van der Waals surface area contributed by atoms with Crippen molar-refractivity contribution in [2.45, 2.75) is 36.1 Å². The Morgan fingerprint density at radius 1 is 1.32 bits per heavy atom. The highest BCUT2D eigenvalue weighted by atomic mass is 32.2. The van der Waals surface area contributed by atoms with Crippen molar-refractivity contribution in [3.05, 3.63) is 23.5 Å². The Bertz CT molecular complexity index is 592. The van der Waals surface area contributed by atoms with E-state index in [1.807, 2.05) is 0 Å². The molecule has 0 aromatic heterocycles. The quantitative estimate of drug-likeness (QED) is 0.922. The van der Waals surface area contributed by atoms with Crippen molar-refractivity contribution in [3.63, 3.8) is 0 Å². The number of rotatable bonds is 3. The summed E-state index contributed by atoms with van der Waals surface area (Å²) in [6.07, 6.45) is 4.15. The molecule has 106 valence electrons. The molecule has 0 spiro atoms. The van der Waals surface area contributed by atoms with Crippen molar-refractivity contribution in [3.8, 4) is 5.75 Å². The SMILES string of the molecule is COc1ccc(C2(N)CCCC2)c(F)c1S(C)(=O)=O. The van der Waals surface area contributed by atoms with Crippen LogP contribution < -0.4 is 10.5 Å². The minimum absolute atomic E-state index is 0.0188. The summed E-state index contributed by atoms with van der Waals surface area (Å²) in [5, 5.41) is 0. The van der Waals surface area contributed by atoms with Crippen LogP contribution in [0.25, 0.3) is 0 Å². The number of hydrogen-bond donors (Lipinski definition) is 1. The number of benzene rings is 1. The zero-order chi connectivity index (χ0) is 14.3. The first kappa shape index (κ1) is 14.3. The van der Waals surface area contributed by atoms with Crippen LogP contribution >= 0.6 is 0 Å². The lowest BCUT2D eigenvalue weighted by atomic mass is 9.89. The van der Waals surface area contributed by atoms with Gasteiger partial charge in [-0.05, 0) is 18.9 Å². The topological polar surface area (TPSA) is 69.4 Å². The lowest BCUT2D eigenvalue weighted by Gasteiger charge is -2.26. The highest BCUT2D eigenvalue weighted by Crippen LogP contribution is 2.40. The predicted molar refractivity (Wildman–Crippen MR) is 70.4 cm³/mol. The summed E-state index contributed by atoms with van der Waals surface area (Å²) in [6.45, 7) is 0. The number of nitrogens with two attached hydrogens (primary N) is 1. The van der Waals surface area contributed by atoms with E-state index >= 15 is 0 Å². The minimum atomic E-state index is -3.71. The maximum absolute atomic E-state index is 14.6. The first-order valence-electron chi connectivity index (χ1n) is 6.15. The van der Waals surface area contributed by atoms with E-state index in [1.54, 1.807) is 0 Å². The minimum Gasteiger partial charge on any atom is -0.495 e. The lowest BCUT2D eigenvalue weighted by Crippen LogP contribution is -2.34. The molecular weight excluding hydrogens is 269 g/mol. The predicted octanol–water partition coefficient (Wildman–Crippen LogP) is 1.97. The average molecular weight is 287 g/mol. The van der Waals surface area contributed by atoms with Gasteiger partial charge in [-0.3, -0.25) is 0 Å². The van der Waals surface area contributed by atoms with Crippen LogP contribution in [-0.4, -0.2) is 21.8 Å². The maximum Gasteiger partial charge on any atom is 0.182 e. The highest BCUT2D eigenvalue weighted by Gasteiger charge is 2.36. The molecule has 2 rings (SSSR count). The Labute approximate surface area is 112 Å². The van der Waals surface area contributed by atoms with Gasteiger partial charge in [-0.2, -0.15) is 0 Å². The zero-order valence-corrected chi connectivity index (χ0v) is 11.9. The Kier molecular flexibility index (Phi) is 3.57.